The van der Waals surface area contributed by atoms with Crippen molar-refractivity contribution in [1.29, 1.82) is 0 Å². The molecule has 0 rings (SSSR count). The Hall–Kier alpha value is -0.610. The van der Waals surface area contributed by atoms with E-state index < -0.39 is 11.5 Å². The lowest BCUT2D eigenvalue weighted by molar-refractivity contribution is -0.143. The number of nitrogens with one attached hydrogen (secondary N) is 1. The van der Waals surface area contributed by atoms with Gasteiger partial charge in [-0.15, -0.1) is 0 Å². The van der Waals surface area contributed by atoms with Gasteiger partial charge in [0.05, 0.1) is 0 Å². The lowest BCUT2D eigenvalue weighted by atomic mass is 9.98. The first-order valence-electron chi connectivity index (χ1n) is 5.32. The molecule has 15 heavy (non-hydrogen) atoms. The fourth-order valence-corrected chi connectivity index (χ4v) is 1.34. The number of rotatable bonds is 6. The zero-order valence-electron chi connectivity index (χ0n) is 10.7. The van der Waals surface area contributed by atoms with Crippen molar-refractivity contribution in [3.63, 3.8) is 0 Å². The monoisotopic (exact) mass is 216 g/mol. The highest BCUT2D eigenvalue weighted by Gasteiger charge is 2.30. The maximum absolute atomic E-state index is 11.0. The van der Waals surface area contributed by atoms with Gasteiger partial charge in [-0.3, -0.25) is 10.1 Å². The van der Waals surface area contributed by atoms with Gasteiger partial charge in [-0.2, -0.15) is 0 Å². The molecule has 0 radical (unpaired) electrons. The Labute approximate surface area is 92.7 Å². The second kappa shape index (κ2) is 5.47. The molecular weight excluding hydrogens is 192 g/mol. The molecule has 0 saturated carbocycles. The van der Waals surface area contributed by atoms with Crippen LogP contribution in [0.3, 0.4) is 0 Å². The predicted octanol–water partition coefficient (Wildman–Crippen LogP) is 1.03. The molecule has 0 heterocycles. The molecule has 0 aromatic heterocycles. The number of carboxylic acid groups (broad SMARTS) is 1. The Kier molecular flexibility index (Phi) is 5.24. The summed E-state index contributed by atoms with van der Waals surface area (Å²) in [6.45, 7) is 8.42. The highest BCUT2D eigenvalue weighted by atomic mass is 16.4. The van der Waals surface area contributed by atoms with Gasteiger partial charge in [0.15, 0.2) is 0 Å². The second-order valence-electron chi connectivity index (χ2n) is 5.19. The Morgan fingerprint density at radius 2 is 1.87 bits per heavy atom. The number of likely N-dealkylation sites (N-methyl/N-ethyl adjacent to an activating group) is 1. The minimum absolute atomic E-state index is 0.186. The Morgan fingerprint density at radius 3 is 2.13 bits per heavy atom. The van der Waals surface area contributed by atoms with Crippen LogP contribution in [0.2, 0.25) is 0 Å². The van der Waals surface area contributed by atoms with Crippen LogP contribution in [-0.2, 0) is 4.79 Å². The van der Waals surface area contributed by atoms with Crippen LogP contribution in [0.4, 0.5) is 0 Å². The Bertz CT molecular complexity index is 213. The summed E-state index contributed by atoms with van der Waals surface area (Å²) in [6.07, 6.45) is 0. The van der Waals surface area contributed by atoms with E-state index in [4.69, 9.17) is 5.11 Å². The third-order valence-corrected chi connectivity index (χ3v) is 2.45. The van der Waals surface area contributed by atoms with Crippen LogP contribution in [-0.4, -0.2) is 48.2 Å². The van der Waals surface area contributed by atoms with Crippen molar-refractivity contribution >= 4 is 5.97 Å². The zero-order valence-corrected chi connectivity index (χ0v) is 10.7. The lowest BCUT2D eigenvalue weighted by Gasteiger charge is -2.32. The minimum atomic E-state index is -0.870. The van der Waals surface area contributed by atoms with Crippen LogP contribution in [0.25, 0.3) is 0 Å². The molecule has 4 nitrogen and oxygen atoms in total. The van der Waals surface area contributed by atoms with Crippen LogP contribution >= 0.6 is 0 Å². The summed E-state index contributed by atoms with van der Waals surface area (Å²) in [5.41, 5.74) is -0.870. The molecule has 1 atom stereocenters. The fourth-order valence-electron chi connectivity index (χ4n) is 1.34. The van der Waals surface area contributed by atoms with E-state index in [1.165, 1.54) is 0 Å². The van der Waals surface area contributed by atoms with E-state index >= 15 is 0 Å². The average Bonchev–Trinajstić information content (AvgIpc) is 2.01. The van der Waals surface area contributed by atoms with E-state index in [1.807, 2.05) is 14.1 Å². The van der Waals surface area contributed by atoms with Crippen molar-refractivity contribution in [3.05, 3.63) is 0 Å². The largest absolute Gasteiger partial charge is 0.480 e. The third-order valence-electron chi connectivity index (χ3n) is 2.45. The van der Waals surface area contributed by atoms with E-state index in [-0.39, 0.29) is 6.04 Å². The van der Waals surface area contributed by atoms with E-state index in [0.717, 1.165) is 6.54 Å². The molecule has 0 aromatic rings. The fraction of sp³-hybridized carbons (Fsp3) is 0.909. The summed E-state index contributed by atoms with van der Waals surface area (Å²) in [7, 11) is 3.98. The van der Waals surface area contributed by atoms with Gasteiger partial charge in [0.2, 0.25) is 0 Å². The van der Waals surface area contributed by atoms with Gasteiger partial charge in [0, 0.05) is 12.6 Å². The number of hydrogen-bond donors (Lipinski definition) is 2. The molecule has 4 heteroatoms. The standard InChI is InChI=1S/C11H24N2O2/c1-8(2)9(7-13(5)6)12-11(3,4)10(14)15/h8-9,12H,7H2,1-6H3,(H,14,15). The van der Waals surface area contributed by atoms with Crippen LogP contribution in [0.1, 0.15) is 27.7 Å². The topological polar surface area (TPSA) is 52.6 Å². The molecule has 2 N–H and O–H groups in total. The van der Waals surface area contributed by atoms with Crippen LogP contribution in [0.15, 0.2) is 0 Å². The van der Waals surface area contributed by atoms with Gasteiger partial charge in [-0.1, -0.05) is 13.8 Å². The van der Waals surface area contributed by atoms with E-state index in [1.54, 1.807) is 13.8 Å². The number of carboxylic acids is 1. The number of aliphatic carboxylic acids is 1. The molecule has 0 aliphatic rings. The number of carbonyl (C=O) groups is 1. The summed E-state index contributed by atoms with van der Waals surface area (Å²) in [5, 5.41) is 12.2. The van der Waals surface area contributed by atoms with Crippen molar-refractivity contribution in [3.8, 4) is 0 Å². The second-order valence-corrected chi connectivity index (χ2v) is 5.19. The smallest absolute Gasteiger partial charge is 0.323 e. The van der Waals surface area contributed by atoms with Gasteiger partial charge >= 0.3 is 5.97 Å². The van der Waals surface area contributed by atoms with Crippen LogP contribution < -0.4 is 5.32 Å². The highest BCUT2D eigenvalue weighted by molar-refractivity contribution is 5.77. The zero-order chi connectivity index (χ0) is 12.2. The molecule has 0 aliphatic carbocycles. The van der Waals surface area contributed by atoms with Gasteiger partial charge in [-0.25, -0.2) is 0 Å². The first-order valence-corrected chi connectivity index (χ1v) is 5.32. The first kappa shape index (κ1) is 14.4. The normalized spacial score (nSPS) is 14.7. The van der Waals surface area contributed by atoms with E-state index in [0.29, 0.717) is 5.92 Å². The molecule has 0 aromatic carbocycles. The van der Waals surface area contributed by atoms with Crippen LogP contribution in [0.5, 0.6) is 0 Å². The molecule has 1 unspecified atom stereocenters. The van der Waals surface area contributed by atoms with Crippen molar-refractivity contribution in [1.82, 2.24) is 10.2 Å². The molecular formula is C11H24N2O2. The van der Waals surface area contributed by atoms with Crippen molar-refractivity contribution in [2.24, 2.45) is 5.92 Å². The average molecular weight is 216 g/mol. The summed E-state index contributed by atoms with van der Waals surface area (Å²) in [4.78, 5) is 13.1. The van der Waals surface area contributed by atoms with Gasteiger partial charge in [-0.05, 0) is 33.9 Å². The summed E-state index contributed by atoms with van der Waals surface area (Å²) < 4.78 is 0. The molecule has 0 spiro atoms. The van der Waals surface area contributed by atoms with Gasteiger partial charge in [0.25, 0.3) is 0 Å². The highest BCUT2D eigenvalue weighted by Crippen LogP contribution is 2.10. The van der Waals surface area contributed by atoms with Gasteiger partial charge < -0.3 is 10.0 Å². The summed E-state index contributed by atoms with van der Waals surface area (Å²) >= 11 is 0. The summed E-state index contributed by atoms with van der Waals surface area (Å²) in [5.74, 6) is -0.405. The van der Waals surface area contributed by atoms with Crippen LogP contribution in [0, 0.1) is 5.92 Å². The van der Waals surface area contributed by atoms with Crippen molar-refractivity contribution in [2.45, 2.75) is 39.3 Å². The number of nitrogens with zero attached hydrogens (tertiary/aromatic N) is 1. The van der Waals surface area contributed by atoms with E-state index in [2.05, 4.69) is 24.1 Å². The first-order chi connectivity index (χ1) is 6.66. The molecule has 0 bridgehead atoms. The third kappa shape index (κ3) is 5.14. The molecule has 0 saturated heterocycles. The minimum Gasteiger partial charge on any atom is -0.480 e. The molecule has 0 fully saturated rings. The van der Waals surface area contributed by atoms with Crippen molar-refractivity contribution < 1.29 is 9.90 Å². The SMILES string of the molecule is CC(C)C(CN(C)C)NC(C)(C)C(=O)O. The quantitative estimate of drug-likeness (QED) is 0.696. The molecule has 0 amide bonds. The van der Waals surface area contributed by atoms with Gasteiger partial charge in [0.1, 0.15) is 5.54 Å². The van der Waals surface area contributed by atoms with Crippen molar-refractivity contribution in [2.75, 3.05) is 20.6 Å². The predicted molar refractivity (Wildman–Crippen MR) is 62.0 cm³/mol. The Balaban J connectivity index is 4.47. The van der Waals surface area contributed by atoms with E-state index in [9.17, 15) is 4.79 Å². The molecule has 90 valence electrons. The summed E-state index contributed by atoms with van der Waals surface area (Å²) in [6, 6.07) is 0.186. The molecule has 0 aliphatic heterocycles. The maximum atomic E-state index is 11.0. The lowest BCUT2D eigenvalue weighted by Crippen LogP contribution is -2.55. The Morgan fingerprint density at radius 1 is 1.40 bits per heavy atom. The number of hydrogen-bond acceptors (Lipinski definition) is 3. The maximum Gasteiger partial charge on any atom is 0.323 e.